The van der Waals surface area contributed by atoms with Crippen molar-refractivity contribution in [3.63, 3.8) is 0 Å². The summed E-state index contributed by atoms with van der Waals surface area (Å²) < 4.78 is 0. The second kappa shape index (κ2) is 7.96. The van der Waals surface area contributed by atoms with Crippen molar-refractivity contribution in [2.24, 2.45) is 0 Å². The molecular formula is C27H28. The van der Waals surface area contributed by atoms with Gasteiger partial charge >= 0.3 is 0 Å². The zero-order valence-electron chi connectivity index (χ0n) is 16.5. The van der Waals surface area contributed by atoms with Crippen LogP contribution in [0.25, 0.3) is 32.7 Å². The van der Waals surface area contributed by atoms with Gasteiger partial charge in [-0.05, 0) is 76.2 Å². The van der Waals surface area contributed by atoms with E-state index in [0.29, 0.717) is 0 Å². The van der Waals surface area contributed by atoms with Crippen LogP contribution in [-0.2, 0) is 6.42 Å². The second-order valence-corrected chi connectivity index (χ2v) is 7.77. The molecule has 4 aromatic rings. The van der Waals surface area contributed by atoms with Crippen molar-refractivity contribution in [2.45, 2.75) is 46.0 Å². The van der Waals surface area contributed by atoms with Crippen molar-refractivity contribution >= 4 is 21.5 Å². The lowest BCUT2D eigenvalue weighted by molar-refractivity contribution is 0.667. The molecule has 0 aliphatic carbocycles. The van der Waals surface area contributed by atoms with Crippen LogP contribution in [0.15, 0.2) is 72.8 Å². The molecule has 0 bridgehead atoms. The molecule has 4 aromatic carbocycles. The summed E-state index contributed by atoms with van der Waals surface area (Å²) in [6, 6.07) is 27.3. The molecule has 0 aliphatic heterocycles. The number of fused-ring (bicyclic) bond motifs is 2. The number of rotatable bonds is 6. The van der Waals surface area contributed by atoms with Gasteiger partial charge in [0.25, 0.3) is 0 Å². The van der Waals surface area contributed by atoms with Crippen LogP contribution in [-0.4, -0.2) is 0 Å². The van der Waals surface area contributed by atoms with E-state index < -0.39 is 0 Å². The largest absolute Gasteiger partial charge is 0.0654 e. The average Bonchev–Trinajstić information content (AvgIpc) is 2.70. The molecule has 0 heterocycles. The minimum atomic E-state index is 1.20. The molecule has 0 nitrogen and oxygen atoms in total. The predicted molar refractivity (Wildman–Crippen MR) is 119 cm³/mol. The van der Waals surface area contributed by atoms with Gasteiger partial charge in [-0.3, -0.25) is 0 Å². The van der Waals surface area contributed by atoms with Crippen LogP contribution in [0.5, 0.6) is 0 Å². The molecular weight excluding hydrogens is 324 g/mol. The van der Waals surface area contributed by atoms with Gasteiger partial charge in [-0.1, -0.05) is 86.3 Å². The summed E-state index contributed by atoms with van der Waals surface area (Å²) in [5, 5.41) is 5.26. The molecule has 27 heavy (non-hydrogen) atoms. The van der Waals surface area contributed by atoms with E-state index >= 15 is 0 Å². The summed E-state index contributed by atoms with van der Waals surface area (Å²) in [6.45, 7) is 4.42. The van der Waals surface area contributed by atoms with Crippen LogP contribution < -0.4 is 0 Å². The number of benzene rings is 4. The third kappa shape index (κ3) is 4.06. The van der Waals surface area contributed by atoms with E-state index in [1.807, 2.05) is 0 Å². The second-order valence-electron chi connectivity index (χ2n) is 7.77. The Labute approximate surface area is 162 Å². The Morgan fingerprint density at radius 1 is 0.556 bits per heavy atom. The minimum absolute atomic E-state index is 1.20. The van der Waals surface area contributed by atoms with Crippen LogP contribution in [0, 0.1) is 6.92 Å². The molecule has 0 N–H and O–H groups in total. The van der Waals surface area contributed by atoms with Gasteiger partial charge in [0.05, 0.1) is 0 Å². The van der Waals surface area contributed by atoms with Crippen molar-refractivity contribution in [2.75, 3.05) is 0 Å². The van der Waals surface area contributed by atoms with E-state index in [0.717, 1.165) is 0 Å². The monoisotopic (exact) mass is 352 g/mol. The zero-order chi connectivity index (χ0) is 18.6. The lowest BCUT2D eigenvalue weighted by Gasteiger charge is -2.08. The maximum absolute atomic E-state index is 2.32. The Morgan fingerprint density at radius 2 is 1.22 bits per heavy atom. The SMILES string of the molecule is CCCCCCc1ccc(-c2ccc3cc4cc(C)ccc4cc3c2)cc1. The highest BCUT2D eigenvalue weighted by Crippen LogP contribution is 2.29. The van der Waals surface area contributed by atoms with E-state index in [9.17, 15) is 0 Å². The molecule has 0 spiro atoms. The average molecular weight is 353 g/mol. The number of aryl methyl sites for hydroxylation is 2. The maximum atomic E-state index is 2.32. The first-order chi connectivity index (χ1) is 13.2. The molecule has 0 saturated heterocycles. The fourth-order valence-corrected chi connectivity index (χ4v) is 3.92. The fraction of sp³-hybridized carbons (Fsp3) is 0.259. The predicted octanol–water partition coefficient (Wildman–Crippen LogP) is 8.09. The summed E-state index contributed by atoms with van der Waals surface area (Å²) in [6.07, 6.45) is 6.49. The van der Waals surface area contributed by atoms with Gasteiger partial charge in [0.15, 0.2) is 0 Å². The minimum Gasteiger partial charge on any atom is -0.0654 e. The van der Waals surface area contributed by atoms with Crippen molar-refractivity contribution in [3.05, 3.63) is 83.9 Å². The third-order valence-corrected chi connectivity index (χ3v) is 5.56. The Balaban J connectivity index is 1.59. The molecule has 0 unspecified atom stereocenters. The molecule has 0 radical (unpaired) electrons. The van der Waals surface area contributed by atoms with Crippen LogP contribution in [0.1, 0.15) is 43.7 Å². The van der Waals surface area contributed by atoms with Crippen molar-refractivity contribution < 1.29 is 0 Å². The summed E-state index contributed by atoms with van der Waals surface area (Å²) >= 11 is 0. The molecule has 0 atom stereocenters. The molecule has 0 amide bonds. The van der Waals surface area contributed by atoms with E-state index in [4.69, 9.17) is 0 Å². The Hall–Kier alpha value is -2.60. The number of unbranched alkanes of at least 4 members (excludes halogenated alkanes) is 3. The van der Waals surface area contributed by atoms with Gasteiger partial charge in [-0.2, -0.15) is 0 Å². The van der Waals surface area contributed by atoms with Crippen molar-refractivity contribution in [1.82, 2.24) is 0 Å². The van der Waals surface area contributed by atoms with Gasteiger partial charge in [-0.15, -0.1) is 0 Å². The topological polar surface area (TPSA) is 0 Å². The van der Waals surface area contributed by atoms with Gasteiger partial charge < -0.3 is 0 Å². The van der Waals surface area contributed by atoms with Crippen LogP contribution in [0.4, 0.5) is 0 Å². The highest BCUT2D eigenvalue weighted by atomic mass is 14.1. The lowest BCUT2D eigenvalue weighted by atomic mass is 9.97. The first-order valence-electron chi connectivity index (χ1n) is 10.3. The summed E-state index contributed by atoms with van der Waals surface area (Å²) in [7, 11) is 0. The summed E-state index contributed by atoms with van der Waals surface area (Å²) in [5.41, 5.74) is 5.37. The molecule has 4 rings (SSSR count). The highest BCUT2D eigenvalue weighted by Gasteiger charge is 2.03. The number of hydrogen-bond donors (Lipinski definition) is 0. The number of hydrogen-bond acceptors (Lipinski definition) is 0. The first kappa shape index (κ1) is 17.8. The summed E-state index contributed by atoms with van der Waals surface area (Å²) in [4.78, 5) is 0. The maximum Gasteiger partial charge on any atom is -0.0171 e. The molecule has 0 heteroatoms. The van der Waals surface area contributed by atoms with Crippen LogP contribution in [0.3, 0.4) is 0 Å². The molecule has 0 aliphatic rings. The Morgan fingerprint density at radius 3 is 1.96 bits per heavy atom. The van der Waals surface area contributed by atoms with Crippen LogP contribution >= 0.6 is 0 Å². The van der Waals surface area contributed by atoms with Crippen LogP contribution in [0.2, 0.25) is 0 Å². The van der Waals surface area contributed by atoms with Gasteiger partial charge in [-0.25, -0.2) is 0 Å². The van der Waals surface area contributed by atoms with E-state index in [1.165, 1.54) is 75.9 Å². The first-order valence-corrected chi connectivity index (χ1v) is 10.3. The normalized spacial score (nSPS) is 11.3. The molecule has 136 valence electrons. The molecule has 0 aromatic heterocycles. The van der Waals surface area contributed by atoms with E-state index in [-0.39, 0.29) is 0 Å². The smallest absolute Gasteiger partial charge is 0.0171 e. The summed E-state index contributed by atoms with van der Waals surface area (Å²) in [5.74, 6) is 0. The standard InChI is InChI=1S/C27H28/c1-3-4-5-6-7-21-9-12-22(13-10-21)23-14-15-25-18-26-16-20(2)8-11-24(26)19-27(25)17-23/h8-19H,3-7H2,1-2H3. The zero-order valence-corrected chi connectivity index (χ0v) is 16.5. The van der Waals surface area contributed by atoms with Gasteiger partial charge in [0, 0.05) is 0 Å². The fourth-order valence-electron chi connectivity index (χ4n) is 3.92. The lowest BCUT2D eigenvalue weighted by Crippen LogP contribution is -1.87. The quantitative estimate of drug-likeness (QED) is 0.243. The Kier molecular flexibility index (Phi) is 5.25. The highest BCUT2D eigenvalue weighted by molar-refractivity contribution is 5.99. The van der Waals surface area contributed by atoms with E-state index in [2.05, 4.69) is 86.6 Å². The van der Waals surface area contributed by atoms with Gasteiger partial charge in [0.2, 0.25) is 0 Å². The van der Waals surface area contributed by atoms with E-state index in [1.54, 1.807) is 0 Å². The molecule has 0 fully saturated rings. The third-order valence-electron chi connectivity index (χ3n) is 5.56. The van der Waals surface area contributed by atoms with Gasteiger partial charge in [0.1, 0.15) is 0 Å². The van der Waals surface area contributed by atoms with Crippen molar-refractivity contribution in [3.8, 4) is 11.1 Å². The van der Waals surface area contributed by atoms with Crippen molar-refractivity contribution in [1.29, 1.82) is 0 Å². The molecule has 0 saturated carbocycles. The Bertz CT molecular complexity index is 1050.